The summed E-state index contributed by atoms with van der Waals surface area (Å²) in [5.41, 5.74) is 5.95. The fourth-order valence-corrected chi connectivity index (χ4v) is 3.51. The van der Waals surface area contributed by atoms with Crippen LogP contribution < -0.4 is 0 Å². The van der Waals surface area contributed by atoms with Crippen molar-refractivity contribution in [2.45, 2.75) is 13.8 Å². The van der Waals surface area contributed by atoms with Gasteiger partial charge >= 0.3 is 0 Å². The molecule has 3 heteroatoms. The molecule has 0 aliphatic heterocycles. The number of halogens is 1. The van der Waals surface area contributed by atoms with Crippen LogP contribution in [0.1, 0.15) is 11.1 Å². The SMILES string of the molecule is Cc1cc(C)cc(-c2csc(-c3cccc(Br)c3)n2)c1. The normalized spacial score (nSPS) is 10.8. The van der Waals surface area contributed by atoms with Crippen LogP contribution >= 0.6 is 27.3 Å². The lowest BCUT2D eigenvalue weighted by Gasteiger charge is -2.02. The summed E-state index contributed by atoms with van der Waals surface area (Å²) in [5, 5.41) is 3.19. The highest BCUT2D eigenvalue weighted by molar-refractivity contribution is 9.10. The molecule has 20 heavy (non-hydrogen) atoms. The molecule has 0 atom stereocenters. The van der Waals surface area contributed by atoms with Gasteiger partial charge in [-0.2, -0.15) is 0 Å². The van der Waals surface area contributed by atoms with Crippen molar-refractivity contribution in [1.82, 2.24) is 4.98 Å². The average Bonchev–Trinajstić information content (AvgIpc) is 2.87. The number of aromatic nitrogens is 1. The maximum atomic E-state index is 4.77. The molecule has 0 N–H and O–H groups in total. The van der Waals surface area contributed by atoms with Gasteiger partial charge in [0.1, 0.15) is 5.01 Å². The molecule has 0 unspecified atom stereocenters. The van der Waals surface area contributed by atoms with Gasteiger partial charge in [0.2, 0.25) is 0 Å². The van der Waals surface area contributed by atoms with E-state index in [0.29, 0.717) is 0 Å². The number of nitrogens with zero attached hydrogens (tertiary/aromatic N) is 1. The van der Waals surface area contributed by atoms with Gasteiger partial charge in [-0.3, -0.25) is 0 Å². The van der Waals surface area contributed by atoms with Crippen LogP contribution in [0.25, 0.3) is 21.8 Å². The summed E-state index contributed by atoms with van der Waals surface area (Å²) < 4.78 is 1.08. The molecule has 0 radical (unpaired) electrons. The summed E-state index contributed by atoms with van der Waals surface area (Å²) in [6.45, 7) is 4.25. The Kier molecular flexibility index (Phi) is 3.72. The van der Waals surface area contributed by atoms with Crippen LogP contribution in [0.3, 0.4) is 0 Å². The lowest BCUT2D eigenvalue weighted by atomic mass is 10.1. The number of benzene rings is 2. The molecule has 0 spiro atoms. The Morgan fingerprint density at radius 1 is 0.950 bits per heavy atom. The minimum absolute atomic E-state index is 1.05. The molecule has 1 aromatic heterocycles. The highest BCUT2D eigenvalue weighted by Crippen LogP contribution is 2.30. The smallest absolute Gasteiger partial charge is 0.124 e. The Bertz CT molecular complexity index is 741. The molecule has 0 bridgehead atoms. The van der Waals surface area contributed by atoms with Crippen molar-refractivity contribution in [2.75, 3.05) is 0 Å². The lowest BCUT2D eigenvalue weighted by molar-refractivity contribution is 1.35. The standard InChI is InChI=1S/C17H14BrNS/c1-11-6-12(2)8-14(7-11)16-10-20-17(19-16)13-4-3-5-15(18)9-13/h3-10H,1-2H3. The maximum absolute atomic E-state index is 4.77. The van der Waals surface area contributed by atoms with Crippen LogP contribution in [-0.4, -0.2) is 4.98 Å². The lowest BCUT2D eigenvalue weighted by Crippen LogP contribution is -1.83. The molecule has 1 heterocycles. The third-order valence-corrected chi connectivity index (χ3v) is 4.48. The number of hydrogen-bond donors (Lipinski definition) is 0. The molecule has 0 fully saturated rings. The van der Waals surface area contributed by atoms with Crippen molar-refractivity contribution >= 4 is 27.3 Å². The summed E-state index contributed by atoms with van der Waals surface area (Å²) >= 11 is 5.19. The quantitative estimate of drug-likeness (QED) is 0.568. The van der Waals surface area contributed by atoms with E-state index in [9.17, 15) is 0 Å². The van der Waals surface area contributed by atoms with Crippen LogP contribution in [0.2, 0.25) is 0 Å². The van der Waals surface area contributed by atoms with Crippen LogP contribution in [0.15, 0.2) is 52.3 Å². The molecule has 0 saturated heterocycles. The molecule has 0 aliphatic carbocycles. The summed E-state index contributed by atoms with van der Waals surface area (Å²) in [7, 11) is 0. The summed E-state index contributed by atoms with van der Waals surface area (Å²) in [6.07, 6.45) is 0. The second-order valence-corrected chi connectivity index (χ2v) is 6.70. The van der Waals surface area contributed by atoms with E-state index in [1.54, 1.807) is 11.3 Å². The number of hydrogen-bond acceptors (Lipinski definition) is 2. The van der Waals surface area contributed by atoms with Gasteiger partial charge in [0, 0.05) is 21.0 Å². The second-order valence-electron chi connectivity index (χ2n) is 4.92. The number of thiazole rings is 1. The third kappa shape index (κ3) is 2.84. The minimum atomic E-state index is 1.05. The fraction of sp³-hybridized carbons (Fsp3) is 0.118. The average molecular weight is 344 g/mol. The van der Waals surface area contributed by atoms with Crippen LogP contribution in [-0.2, 0) is 0 Å². The van der Waals surface area contributed by atoms with E-state index in [4.69, 9.17) is 4.98 Å². The van der Waals surface area contributed by atoms with Gasteiger partial charge in [0.05, 0.1) is 5.69 Å². The van der Waals surface area contributed by atoms with Crippen molar-refractivity contribution < 1.29 is 0 Å². The first kappa shape index (κ1) is 13.5. The molecule has 3 rings (SSSR count). The molecule has 0 aliphatic rings. The van der Waals surface area contributed by atoms with Crippen molar-refractivity contribution in [3.8, 4) is 21.8 Å². The zero-order valence-electron chi connectivity index (χ0n) is 11.4. The van der Waals surface area contributed by atoms with Crippen LogP contribution in [0, 0.1) is 13.8 Å². The van der Waals surface area contributed by atoms with Crippen LogP contribution in [0.5, 0.6) is 0 Å². The Hall–Kier alpha value is -1.45. The second kappa shape index (κ2) is 5.51. The van der Waals surface area contributed by atoms with Gasteiger partial charge < -0.3 is 0 Å². The molecule has 2 aromatic carbocycles. The first-order valence-corrected chi connectivity index (χ1v) is 8.09. The zero-order chi connectivity index (χ0) is 14.1. The Morgan fingerprint density at radius 3 is 2.40 bits per heavy atom. The van der Waals surface area contributed by atoms with Crippen molar-refractivity contribution in [3.05, 3.63) is 63.4 Å². The van der Waals surface area contributed by atoms with Crippen LogP contribution in [0.4, 0.5) is 0 Å². The van der Waals surface area contributed by atoms with E-state index in [1.807, 2.05) is 12.1 Å². The van der Waals surface area contributed by atoms with E-state index in [-0.39, 0.29) is 0 Å². The molecule has 0 amide bonds. The summed E-state index contributed by atoms with van der Waals surface area (Å²) in [6, 6.07) is 14.8. The largest absolute Gasteiger partial charge is 0.236 e. The highest BCUT2D eigenvalue weighted by Gasteiger charge is 2.07. The Morgan fingerprint density at radius 2 is 1.70 bits per heavy atom. The fourth-order valence-electron chi connectivity index (χ4n) is 2.28. The first-order valence-electron chi connectivity index (χ1n) is 6.42. The van der Waals surface area contributed by atoms with Crippen molar-refractivity contribution in [2.24, 2.45) is 0 Å². The van der Waals surface area contributed by atoms with E-state index < -0.39 is 0 Å². The van der Waals surface area contributed by atoms with Gasteiger partial charge in [-0.1, -0.05) is 45.3 Å². The van der Waals surface area contributed by atoms with E-state index in [1.165, 1.54) is 16.7 Å². The highest BCUT2D eigenvalue weighted by atomic mass is 79.9. The van der Waals surface area contributed by atoms with Gasteiger partial charge in [-0.05, 0) is 38.1 Å². The van der Waals surface area contributed by atoms with Gasteiger partial charge in [-0.15, -0.1) is 11.3 Å². The monoisotopic (exact) mass is 343 g/mol. The zero-order valence-corrected chi connectivity index (χ0v) is 13.8. The summed E-state index contributed by atoms with van der Waals surface area (Å²) in [5.74, 6) is 0. The summed E-state index contributed by atoms with van der Waals surface area (Å²) in [4.78, 5) is 4.77. The molecular weight excluding hydrogens is 330 g/mol. The van der Waals surface area contributed by atoms with Gasteiger partial charge in [-0.25, -0.2) is 4.98 Å². The van der Waals surface area contributed by atoms with Gasteiger partial charge in [0.15, 0.2) is 0 Å². The molecule has 1 nitrogen and oxygen atoms in total. The molecule has 3 aromatic rings. The van der Waals surface area contributed by atoms with E-state index >= 15 is 0 Å². The van der Waals surface area contributed by atoms with E-state index in [0.717, 1.165) is 20.7 Å². The topological polar surface area (TPSA) is 12.9 Å². The first-order chi connectivity index (χ1) is 9.61. The maximum Gasteiger partial charge on any atom is 0.124 e. The molecular formula is C17H14BrNS. The Labute approximate surface area is 131 Å². The third-order valence-electron chi connectivity index (χ3n) is 3.09. The van der Waals surface area contributed by atoms with Crippen molar-refractivity contribution in [3.63, 3.8) is 0 Å². The van der Waals surface area contributed by atoms with Gasteiger partial charge in [0.25, 0.3) is 0 Å². The molecule has 0 saturated carbocycles. The predicted molar refractivity (Wildman–Crippen MR) is 90.2 cm³/mol. The molecule has 100 valence electrons. The number of aryl methyl sites for hydroxylation is 2. The predicted octanol–water partition coefficient (Wildman–Crippen LogP) is 5.86. The Balaban J connectivity index is 2.02. The minimum Gasteiger partial charge on any atom is -0.236 e. The van der Waals surface area contributed by atoms with Crippen molar-refractivity contribution in [1.29, 1.82) is 0 Å². The number of rotatable bonds is 2. The van der Waals surface area contributed by atoms with E-state index in [2.05, 4.69) is 65.5 Å².